The van der Waals surface area contributed by atoms with Crippen LogP contribution in [0.15, 0.2) is 144 Å². The fraction of sp³-hybridized carbons (Fsp3) is 0. The van der Waals surface area contributed by atoms with Crippen LogP contribution in [0.2, 0.25) is 0 Å². The van der Waals surface area contributed by atoms with Gasteiger partial charge in [0, 0.05) is 42.8 Å². The van der Waals surface area contributed by atoms with Crippen molar-refractivity contribution in [2.45, 2.75) is 0 Å². The number of fused-ring (bicyclic) bond motifs is 9. The standard InChI is InChI=1S/C40H23N3OS/c1-2-12-24(13-3-1)40-41-37(39-38(42-40)28-17-7-11-21-36(28)45-39)27-16-5-9-19-32(27)43-31-18-8-4-14-25(31)29-23-35-30(22-33(29)43)26-15-6-10-20-34(26)44-35/h1-23H. The molecule has 0 N–H and O–H groups in total. The Morgan fingerprint density at radius 3 is 2.18 bits per heavy atom. The summed E-state index contributed by atoms with van der Waals surface area (Å²) in [6, 6.07) is 48.8. The molecular formula is C40H23N3OS. The first kappa shape index (κ1) is 24.6. The van der Waals surface area contributed by atoms with Gasteiger partial charge in [0.2, 0.25) is 0 Å². The van der Waals surface area contributed by atoms with Gasteiger partial charge in [-0.25, -0.2) is 9.97 Å². The van der Waals surface area contributed by atoms with Crippen molar-refractivity contribution in [3.63, 3.8) is 0 Å². The van der Waals surface area contributed by atoms with Crippen molar-refractivity contribution in [2.75, 3.05) is 0 Å². The van der Waals surface area contributed by atoms with E-state index in [0.29, 0.717) is 0 Å². The third kappa shape index (κ3) is 3.59. The minimum absolute atomic E-state index is 0.727. The molecule has 0 aliphatic carbocycles. The first-order valence-corrected chi connectivity index (χ1v) is 15.8. The monoisotopic (exact) mass is 593 g/mol. The Morgan fingerprint density at radius 1 is 0.533 bits per heavy atom. The van der Waals surface area contributed by atoms with Crippen LogP contribution in [-0.4, -0.2) is 14.5 Å². The Morgan fingerprint density at radius 2 is 1.27 bits per heavy atom. The molecule has 6 aromatic carbocycles. The van der Waals surface area contributed by atoms with Gasteiger partial charge in [0.05, 0.1) is 32.6 Å². The van der Waals surface area contributed by atoms with Crippen LogP contribution in [0, 0.1) is 0 Å². The molecule has 0 spiro atoms. The first-order valence-electron chi connectivity index (χ1n) is 15.0. The second-order valence-electron chi connectivity index (χ2n) is 11.4. The highest BCUT2D eigenvalue weighted by molar-refractivity contribution is 7.26. The predicted molar refractivity (Wildman–Crippen MR) is 187 cm³/mol. The van der Waals surface area contributed by atoms with Gasteiger partial charge in [-0.1, -0.05) is 103 Å². The van der Waals surface area contributed by atoms with Gasteiger partial charge in [0.25, 0.3) is 0 Å². The van der Waals surface area contributed by atoms with Gasteiger partial charge in [-0.05, 0) is 36.4 Å². The lowest BCUT2D eigenvalue weighted by Gasteiger charge is -2.15. The Hall–Kier alpha value is -5.78. The van der Waals surface area contributed by atoms with Crippen molar-refractivity contribution >= 4 is 75.4 Å². The van der Waals surface area contributed by atoms with E-state index in [0.717, 1.165) is 82.3 Å². The molecule has 0 radical (unpaired) electrons. The molecule has 45 heavy (non-hydrogen) atoms. The van der Waals surface area contributed by atoms with Crippen LogP contribution in [0.4, 0.5) is 0 Å². The molecule has 0 bridgehead atoms. The summed E-state index contributed by atoms with van der Waals surface area (Å²) in [5, 5.41) is 5.73. The molecule has 4 aromatic heterocycles. The second kappa shape index (κ2) is 9.36. The summed E-state index contributed by atoms with van der Waals surface area (Å²) in [6.07, 6.45) is 0. The molecule has 4 heterocycles. The van der Waals surface area contributed by atoms with Gasteiger partial charge in [-0.15, -0.1) is 11.3 Å². The first-order chi connectivity index (χ1) is 22.3. The number of rotatable bonds is 3. The Kier molecular flexibility index (Phi) is 5.12. The average molecular weight is 594 g/mol. The fourth-order valence-corrected chi connectivity index (χ4v) is 7.95. The Labute approximate surface area is 261 Å². The van der Waals surface area contributed by atoms with Gasteiger partial charge in [0.1, 0.15) is 11.2 Å². The van der Waals surface area contributed by atoms with E-state index in [4.69, 9.17) is 14.4 Å². The highest BCUT2D eigenvalue weighted by Gasteiger charge is 2.22. The number of benzene rings is 6. The number of para-hydroxylation sites is 3. The fourth-order valence-electron chi connectivity index (χ4n) is 6.81. The zero-order chi connectivity index (χ0) is 29.5. The molecule has 5 heteroatoms. The van der Waals surface area contributed by atoms with Crippen molar-refractivity contribution in [1.82, 2.24) is 14.5 Å². The molecule has 0 saturated carbocycles. The van der Waals surface area contributed by atoms with Crippen molar-refractivity contribution in [3.8, 4) is 28.3 Å². The smallest absolute Gasteiger partial charge is 0.160 e. The van der Waals surface area contributed by atoms with Gasteiger partial charge in [0.15, 0.2) is 5.82 Å². The summed E-state index contributed by atoms with van der Waals surface area (Å²) in [5.41, 5.74) is 9.14. The zero-order valence-electron chi connectivity index (χ0n) is 23.9. The topological polar surface area (TPSA) is 43.9 Å². The average Bonchev–Trinajstić information content (AvgIpc) is 3.76. The van der Waals surface area contributed by atoms with Gasteiger partial charge in [-0.3, -0.25) is 0 Å². The number of hydrogen-bond donors (Lipinski definition) is 0. The summed E-state index contributed by atoms with van der Waals surface area (Å²) in [7, 11) is 0. The molecular weight excluding hydrogens is 571 g/mol. The van der Waals surface area contributed by atoms with E-state index in [1.165, 1.54) is 10.1 Å². The molecule has 0 saturated heterocycles. The van der Waals surface area contributed by atoms with Crippen LogP contribution >= 0.6 is 11.3 Å². The summed E-state index contributed by atoms with van der Waals surface area (Å²) in [4.78, 5) is 10.5. The van der Waals surface area contributed by atoms with E-state index in [1.54, 1.807) is 11.3 Å². The second-order valence-corrected chi connectivity index (χ2v) is 12.4. The van der Waals surface area contributed by atoms with E-state index in [2.05, 4.69) is 114 Å². The van der Waals surface area contributed by atoms with Crippen molar-refractivity contribution in [1.29, 1.82) is 0 Å². The van der Waals surface area contributed by atoms with E-state index < -0.39 is 0 Å². The van der Waals surface area contributed by atoms with E-state index in [-0.39, 0.29) is 0 Å². The minimum atomic E-state index is 0.727. The summed E-state index contributed by atoms with van der Waals surface area (Å²) < 4.78 is 11.0. The summed E-state index contributed by atoms with van der Waals surface area (Å²) in [5.74, 6) is 0.727. The lowest BCUT2D eigenvalue weighted by molar-refractivity contribution is 0.669. The molecule has 4 nitrogen and oxygen atoms in total. The van der Waals surface area contributed by atoms with Gasteiger partial charge < -0.3 is 8.98 Å². The number of furan rings is 1. The summed E-state index contributed by atoms with van der Waals surface area (Å²) >= 11 is 1.76. The molecule has 0 aliphatic rings. The quantitative estimate of drug-likeness (QED) is 0.205. The van der Waals surface area contributed by atoms with Crippen LogP contribution < -0.4 is 0 Å². The number of hydrogen-bond acceptors (Lipinski definition) is 4. The molecule has 0 aliphatic heterocycles. The Bertz CT molecular complexity index is 2770. The molecule has 0 atom stereocenters. The molecule has 0 unspecified atom stereocenters. The van der Waals surface area contributed by atoms with Crippen molar-refractivity contribution < 1.29 is 4.42 Å². The van der Waals surface area contributed by atoms with E-state index in [9.17, 15) is 0 Å². The Balaban J connectivity index is 1.33. The third-order valence-corrected chi connectivity index (χ3v) is 9.99. The minimum Gasteiger partial charge on any atom is -0.456 e. The maximum Gasteiger partial charge on any atom is 0.160 e. The van der Waals surface area contributed by atoms with Gasteiger partial charge in [-0.2, -0.15) is 0 Å². The zero-order valence-corrected chi connectivity index (χ0v) is 24.8. The number of aromatic nitrogens is 3. The lowest BCUT2D eigenvalue weighted by Crippen LogP contribution is -2.00. The van der Waals surface area contributed by atoms with E-state index >= 15 is 0 Å². The van der Waals surface area contributed by atoms with Gasteiger partial charge >= 0.3 is 0 Å². The molecule has 0 fully saturated rings. The lowest BCUT2D eigenvalue weighted by atomic mass is 10.1. The van der Waals surface area contributed by atoms with Crippen LogP contribution in [-0.2, 0) is 0 Å². The number of thiophene rings is 1. The van der Waals surface area contributed by atoms with Crippen LogP contribution in [0.3, 0.4) is 0 Å². The molecule has 210 valence electrons. The maximum atomic E-state index is 6.32. The van der Waals surface area contributed by atoms with Crippen LogP contribution in [0.25, 0.3) is 92.4 Å². The largest absolute Gasteiger partial charge is 0.456 e. The van der Waals surface area contributed by atoms with Crippen molar-refractivity contribution in [3.05, 3.63) is 140 Å². The summed E-state index contributed by atoms with van der Waals surface area (Å²) in [6.45, 7) is 0. The maximum absolute atomic E-state index is 6.32. The highest BCUT2D eigenvalue weighted by Crippen LogP contribution is 2.43. The normalized spacial score (nSPS) is 12.0. The molecule has 0 amide bonds. The predicted octanol–water partition coefficient (Wildman–Crippen LogP) is 11.2. The molecule has 10 aromatic rings. The highest BCUT2D eigenvalue weighted by atomic mass is 32.1. The van der Waals surface area contributed by atoms with Crippen molar-refractivity contribution in [2.24, 2.45) is 0 Å². The number of nitrogens with zero attached hydrogens (tertiary/aromatic N) is 3. The van der Waals surface area contributed by atoms with Crippen LogP contribution in [0.1, 0.15) is 0 Å². The van der Waals surface area contributed by atoms with Crippen LogP contribution in [0.5, 0.6) is 0 Å². The van der Waals surface area contributed by atoms with E-state index in [1.807, 2.05) is 30.3 Å². The SMILES string of the molecule is c1ccc(-c2nc(-c3ccccc3-n3c4ccccc4c4cc5oc6ccccc6c5cc43)c3sc4ccccc4c3n2)cc1. The third-order valence-electron chi connectivity index (χ3n) is 8.82. The molecule has 10 rings (SSSR count).